The molecular weight excluding hydrogens is 295 g/mol. The van der Waals surface area contributed by atoms with Crippen molar-refractivity contribution in [2.75, 3.05) is 0 Å². The summed E-state index contributed by atoms with van der Waals surface area (Å²) in [4.78, 5) is 18.4. The highest BCUT2D eigenvalue weighted by atomic mass is 19.1. The number of aromatic nitrogens is 1. The lowest BCUT2D eigenvalue weighted by molar-refractivity contribution is 0.0717. The van der Waals surface area contributed by atoms with Crippen LogP contribution in [0.25, 0.3) is 0 Å². The molecular formula is C18H15FN2O2. The van der Waals surface area contributed by atoms with Crippen molar-refractivity contribution in [1.82, 2.24) is 9.88 Å². The summed E-state index contributed by atoms with van der Waals surface area (Å²) in [5.41, 5.74) is 1.34. The molecule has 0 spiro atoms. The van der Waals surface area contributed by atoms with Crippen LogP contribution in [0.3, 0.4) is 0 Å². The number of carbonyl (C=O) groups is 1. The first kappa shape index (κ1) is 15.0. The average Bonchev–Trinajstić information content (AvgIpc) is 3.08. The van der Waals surface area contributed by atoms with Crippen molar-refractivity contribution in [3.63, 3.8) is 0 Å². The van der Waals surface area contributed by atoms with Gasteiger partial charge in [-0.3, -0.25) is 9.78 Å². The zero-order valence-corrected chi connectivity index (χ0v) is 12.4. The van der Waals surface area contributed by atoms with Gasteiger partial charge in [0.1, 0.15) is 11.6 Å². The lowest BCUT2D eigenvalue weighted by Crippen LogP contribution is -2.30. The minimum absolute atomic E-state index is 0.190. The fourth-order valence-electron chi connectivity index (χ4n) is 2.28. The van der Waals surface area contributed by atoms with Gasteiger partial charge in [-0.15, -0.1) is 0 Å². The van der Waals surface area contributed by atoms with Crippen LogP contribution in [0, 0.1) is 5.82 Å². The highest BCUT2D eigenvalue weighted by Crippen LogP contribution is 2.14. The quantitative estimate of drug-likeness (QED) is 0.722. The molecule has 2 aromatic heterocycles. The summed E-state index contributed by atoms with van der Waals surface area (Å²) in [6, 6.07) is 12.8. The van der Waals surface area contributed by atoms with Gasteiger partial charge in [-0.1, -0.05) is 6.07 Å². The molecule has 0 bridgehead atoms. The van der Waals surface area contributed by atoms with Crippen molar-refractivity contribution in [2.24, 2.45) is 0 Å². The highest BCUT2D eigenvalue weighted by molar-refractivity contribution is 5.94. The van der Waals surface area contributed by atoms with Crippen molar-refractivity contribution in [2.45, 2.75) is 13.1 Å². The molecule has 116 valence electrons. The van der Waals surface area contributed by atoms with Crippen LogP contribution in [0.4, 0.5) is 4.39 Å². The number of carbonyl (C=O) groups excluding carboxylic acids is 1. The Balaban J connectivity index is 1.84. The molecule has 23 heavy (non-hydrogen) atoms. The third-order valence-corrected chi connectivity index (χ3v) is 3.40. The average molecular weight is 310 g/mol. The summed E-state index contributed by atoms with van der Waals surface area (Å²) in [7, 11) is 0. The number of hydrogen-bond donors (Lipinski definition) is 0. The Hall–Kier alpha value is -2.95. The number of pyridine rings is 1. The maximum absolute atomic E-state index is 13.1. The Morgan fingerprint density at radius 2 is 1.91 bits per heavy atom. The van der Waals surface area contributed by atoms with Gasteiger partial charge in [0, 0.05) is 24.5 Å². The monoisotopic (exact) mass is 310 g/mol. The van der Waals surface area contributed by atoms with Crippen LogP contribution in [0.5, 0.6) is 0 Å². The zero-order chi connectivity index (χ0) is 16.1. The maximum Gasteiger partial charge on any atom is 0.254 e. The van der Waals surface area contributed by atoms with Crippen LogP contribution in [0.1, 0.15) is 21.7 Å². The predicted octanol–water partition coefficient (Wildman–Crippen LogP) is 3.66. The summed E-state index contributed by atoms with van der Waals surface area (Å²) in [5, 5.41) is 0. The molecule has 0 fully saturated rings. The molecule has 3 rings (SSSR count). The van der Waals surface area contributed by atoms with Crippen LogP contribution in [-0.2, 0) is 13.1 Å². The van der Waals surface area contributed by atoms with Crippen LogP contribution in [0.15, 0.2) is 71.6 Å². The SMILES string of the molecule is O=C(c1ccc(F)cc1)N(Cc1cccnc1)Cc1ccco1. The number of benzene rings is 1. The van der Waals surface area contributed by atoms with E-state index in [0.717, 1.165) is 5.56 Å². The van der Waals surface area contributed by atoms with Gasteiger partial charge >= 0.3 is 0 Å². The zero-order valence-electron chi connectivity index (χ0n) is 12.4. The first-order chi connectivity index (χ1) is 11.2. The summed E-state index contributed by atoms with van der Waals surface area (Å²) in [6.07, 6.45) is 4.97. The third-order valence-electron chi connectivity index (χ3n) is 3.40. The molecule has 2 heterocycles. The van der Waals surface area contributed by atoms with Crippen LogP contribution in [-0.4, -0.2) is 15.8 Å². The van der Waals surface area contributed by atoms with Crippen LogP contribution >= 0.6 is 0 Å². The molecule has 0 atom stereocenters. The fraction of sp³-hybridized carbons (Fsp3) is 0.111. The van der Waals surface area contributed by atoms with E-state index >= 15 is 0 Å². The van der Waals surface area contributed by atoms with Crippen molar-refractivity contribution >= 4 is 5.91 Å². The fourth-order valence-corrected chi connectivity index (χ4v) is 2.28. The number of nitrogens with zero attached hydrogens (tertiary/aromatic N) is 2. The normalized spacial score (nSPS) is 10.5. The Morgan fingerprint density at radius 3 is 2.57 bits per heavy atom. The second-order valence-corrected chi connectivity index (χ2v) is 5.11. The Labute approximate surface area is 133 Å². The maximum atomic E-state index is 13.1. The third kappa shape index (κ3) is 3.83. The first-order valence-electron chi connectivity index (χ1n) is 7.18. The van der Waals surface area contributed by atoms with E-state index in [1.807, 2.05) is 18.2 Å². The van der Waals surface area contributed by atoms with E-state index in [0.29, 0.717) is 24.4 Å². The van der Waals surface area contributed by atoms with E-state index in [2.05, 4.69) is 4.98 Å². The van der Waals surface area contributed by atoms with E-state index in [4.69, 9.17) is 4.42 Å². The molecule has 3 aromatic rings. The van der Waals surface area contributed by atoms with Gasteiger partial charge in [0.05, 0.1) is 12.8 Å². The van der Waals surface area contributed by atoms with Crippen molar-refractivity contribution < 1.29 is 13.6 Å². The van der Waals surface area contributed by atoms with Gasteiger partial charge in [0.2, 0.25) is 0 Å². The summed E-state index contributed by atoms with van der Waals surface area (Å²) in [6.45, 7) is 0.725. The van der Waals surface area contributed by atoms with Gasteiger partial charge in [0.25, 0.3) is 5.91 Å². The molecule has 0 unspecified atom stereocenters. The number of halogens is 1. The standard InChI is InChI=1S/C18H15FN2O2/c19-16-7-5-15(6-8-16)18(22)21(13-17-4-2-10-23-17)12-14-3-1-9-20-11-14/h1-11H,12-13H2. The van der Waals surface area contributed by atoms with E-state index < -0.39 is 0 Å². The van der Waals surface area contributed by atoms with Gasteiger partial charge in [-0.2, -0.15) is 0 Å². The molecule has 0 aliphatic rings. The highest BCUT2D eigenvalue weighted by Gasteiger charge is 2.18. The van der Waals surface area contributed by atoms with Gasteiger partial charge in [-0.05, 0) is 48.0 Å². The predicted molar refractivity (Wildman–Crippen MR) is 82.9 cm³/mol. The van der Waals surface area contributed by atoms with Crippen LogP contribution in [0.2, 0.25) is 0 Å². The minimum atomic E-state index is -0.369. The van der Waals surface area contributed by atoms with Crippen LogP contribution < -0.4 is 0 Å². The first-order valence-corrected chi connectivity index (χ1v) is 7.18. The van der Waals surface area contributed by atoms with E-state index in [-0.39, 0.29) is 11.7 Å². The molecule has 1 aromatic carbocycles. The Morgan fingerprint density at radius 1 is 1.09 bits per heavy atom. The molecule has 0 saturated heterocycles. The largest absolute Gasteiger partial charge is 0.467 e. The van der Waals surface area contributed by atoms with E-state index in [1.165, 1.54) is 24.3 Å². The summed E-state index contributed by atoms with van der Waals surface area (Å²) >= 11 is 0. The lowest BCUT2D eigenvalue weighted by Gasteiger charge is -2.22. The summed E-state index contributed by atoms with van der Waals surface area (Å²) in [5.74, 6) is 0.126. The topological polar surface area (TPSA) is 46.3 Å². The Kier molecular flexibility index (Phi) is 4.47. The van der Waals surface area contributed by atoms with Crippen molar-refractivity contribution in [3.8, 4) is 0 Å². The molecule has 1 amide bonds. The van der Waals surface area contributed by atoms with Crippen molar-refractivity contribution in [3.05, 3.63) is 89.9 Å². The molecule has 0 N–H and O–H groups in total. The molecule has 4 nitrogen and oxygen atoms in total. The number of amides is 1. The number of hydrogen-bond acceptors (Lipinski definition) is 3. The second-order valence-electron chi connectivity index (χ2n) is 5.11. The molecule has 0 radical (unpaired) electrons. The Bertz CT molecular complexity index is 755. The summed E-state index contributed by atoms with van der Waals surface area (Å²) < 4.78 is 18.4. The molecule has 5 heteroatoms. The van der Waals surface area contributed by atoms with Gasteiger partial charge in [-0.25, -0.2) is 4.39 Å². The molecule has 0 aliphatic heterocycles. The number of rotatable bonds is 5. The smallest absolute Gasteiger partial charge is 0.254 e. The molecule has 0 saturated carbocycles. The van der Waals surface area contributed by atoms with E-state index in [1.54, 1.807) is 29.6 Å². The van der Waals surface area contributed by atoms with Gasteiger partial charge < -0.3 is 9.32 Å². The second kappa shape index (κ2) is 6.87. The number of furan rings is 1. The molecule has 0 aliphatic carbocycles. The van der Waals surface area contributed by atoms with Gasteiger partial charge in [0.15, 0.2) is 0 Å². The lowest BCUT2D eigenvalue weighted by atomic mass is 10.1. The minimum Gasteiger partial charge on any atom is -0.467 e. The van der Waals surface area contributed by atoms with Crippen molar-refractivity contribution in [1.29, 1.82) is 0 Å². The van der Waals surface area contributed by atoms with E-state index in [9.17, 15) is 9.18 Å².